The number of hydrogen-bond donors (Lipinski definition) is 3. The van der Waals surface area contributed by atoms with E-state index >= 15 is 0 Å². The summed E-state index contributed by atoms with van der Waals surface area (Å²) in [6, 6.07) is 0.296. The van der Waals surface area contributed by atoms with Gasteiger partial charge < -0.3 is 16.0 Å². The maximum Gasteiger partial charge on any atom is 0.239 e. The fraction of sp³-hybridized carbons (Fsp3) is 0.545. The van der Waals surface area contributed by atoms with Crippen molar-refractivity contribution in [3.8, 4) is 0 Å². The summed E-state index contributed by atoms with van der Waals surface area (Å²) in [4.78, 5) is 19.7. The Kier molecular flexibility index (Phi) is 3.87. The average molecular weight is 235 g/mol. The van der Waals surface area contributed by atoms with Crippen molar-refractivity contribution in [2.45, 2.75) is 18.9 Å². The molecule has 1 aromatic rings. The number of hydrogen-bond acceptors (Lipinski definition) is 5. The van der Waals surface area contributed by atoms with Gasteiger partial charge in [0.1, 0.15) is 5.82 Å². The van der Waals surface area contributed by atoms with Gasteiger partial charge in [-0.2, -0.15) is 0 Å². The minimum absolute atomic E-state index is 0.0730. The number of carbonyl (C=O) groups excluding carboxylic acids is 1. The van der Waals surface area contributed by atoms with Crippen molar-refractivity contribution in [2.75, 3.05) is 25.5 Å². The molecule has 1 aromatic heterocycles. The molecule has 1 aliphatic rings. The lowest BCUT2D eigenvalue weighted by molar-refractivity contribution is -0.118. The maximum atomic E-state index is 11.1. The molecule has 3 N–H and O–H groups in total. The van der Waals surface area contributed by atoms with Gasteiger partial charge in [-0.1, -0.05) is 0 Å². The minimum atomic E-state index is -0.0730. The molecule has 1 saturated heterocycles. The van der Waals surface area contributed by atoms with Crippen LogP contribution in [0.2, 0.25) is 0 Å². The highest BCUT2D eigenvalue weighted by molar-refractivity contribution is 5.79. The van der Waals surface area contributed by atoms with Crippen LogP contribution in [0.3, 0.4) is 0 Å². The summed E-state index contributed by atoms with van der Waals surface area (Å²) in [5.41, 5.74) is 0.935. The molecule has 1 amide bonds. The summed E-state index contributed by atoms with van der Waals surface area (Å²) in [6.07, 6.45) is 5.66. The van der Waals surface area contributed by atoms with Crippen molar-refractivity contribution in [3.63, 3.8) is 0 Å². The normalized spacial score (nSPS) is 19.0. The first kappa shape index (κ1) is 11.8. The molecule has 1 aliphatic heterocycles. The van der Waals surface area contributed by atoms with Crippen molar-refractivity contribution in [1.82, 2.24) is 20.6 Å². The predicted molar refractivity (Wildman–Crippen MR) is 64.6 cm³/mol. The van der Waals surface area contributed by atoms with Gasteiger partial charge in [0, 0.05) is 7.05 Å². The Morgan fingerprint density at radius 2 is 2.47 bits per heavy atom. The lowest BCUT2D eigenvalue weighted by atomic mass is 10.2. The summed E-state index contributed by atoms with van der Waals surface area (Å²) in [5.74, 6) is 0.566. The van der Waals surface area contributed by atoms with Crippen LogP contribution in [0, 0.1) is 0 Å². The Morgan fingerprint density at radius 1 is 1.59 bits per heavy atom. The van der Waals surface area contributed by atoms with Crippen molar-refractivity contribution in [1.29, 1.82) is 0 Å². The highest BCUT2D eigenvalue weighted by atomic mass is 16.1. The second-order valence-electron chi connectivity index (χ2n) is 4.00. The fourth-order valence-electron chi connectivity index (χ4n) is 1.83. The smallest absolute Gasteiger partial charge is 0.239 e. The zero-order valence-electron chi connectivity index (χ0n) is 9.86. The molecule has 6 nitrogen and oxygen atoms in total. The summed E-state index contributed by atoms with van der Waals surface area (Å²) >= 11 is 0. The molecule has 6 heteroatoms. The van der Waals surface area contributed by atoms with E-state index in [0.29, 0.717) is 11.9 Å². The van der Waals surface area contributed by atoms with Crippen LogP contribution in [-0.4, -0.2) is 36.0 Å². The first-order chi connectivity index (χ1) is 8.29. The molecule has 92 valence electrons. The van der Waals surface area contributed by atoms with Gasteiger partial charge in [0.25, 0.3) is 0 Å². The molecule has 1 fully saturated rings. The first-order valence-corrected chi connectivity index (χ1v) is 5.79. The topological polar surface area (TPSA) is 78.9 Å². The van der Waals surface area contributed by atoms with Gasteiger partial charge in [-0.3, -0.25) is 9.78 Å². The average Bonchev–Trinajstić information content (AvgIpc) is 2.90. The highest BCUT2D eigenvalue weighted by Gasteiger charge is 2.17. The SMILES string of the molecule is CNC(=O)CNc1cncc(C2CCCN2)n1. The molecule has 0 aliphatic carbocycles. The van der Waals surface area contributed by atoms with Crippen LogP contribution in [0.15, 0.2) is 12.4 Å². The number of rotatable bonds is 4. The van der Waals surface area contributed by atoms with E-state index in [4.69, 9.17) is 0 Å². The highest BCUT2D eigenvalue weighted by Crippen LogP contribution is 2.21. The molecule has 0 bridgehead atoms. The molecule has 0 saturated carbocycles. The number of aromatic nitrogens is 2. The molecule has 0 radical (unpaired) electrons. The number of nitrogens with one attached hydrogen (secondary N) is 3. The van der Waals surface area contributed by atoms with E-state index in [1.807, 2.05) is 0 Å². The van der Waals surface area contributed by atoms with E-state index < -0.39 is 0 Å². The first-order valence-electron chi connectivity index (χ1n) is 5.79. The standard InChI is InChI=1S/C11H17N5O/c1-12-11(17)7-15-10-6-13-5-9(16-10)8-3-2-4-14-8/h5-6,8,14H,2-4,7H2,1H3,(H,12,17)(H,15,16). The van der Waals surface area contributed by atoms with Crippen LogP contribution >= 0.6 is 0 Å². The monoisotopic (exact) mass is 235 g/mol. The van der Waals surface area contributed by atoms with Crippen LogP contribution < -0.4 is 16.0 Å². The molecule has 17 heavy (non-hydrogen) atoms. The van der Waals surface area contributed by atoms with E-state index in [9.17, 15) is 4.79 Å². The number of likely N-dealkylation sites (N-methyl/N-ethyl adjacent to an activating group) is 1. The summed E-state index contributed by atoms with van der Waals surface area (Å²) in [5, 5.41) is 8.86. The van der Waals surface area contributed by atoms with Crippen molar-refractivity contribution in [3.05, 3.63) is 18.1 Å². The number of amides is 1. The van der Waals surface area contributed by atoms with Crippen LogP contribution in [0.25, 0.3) is 0 Å². The Labute approximate surface area is 100 Å². The van der Waals surface area contributed by atoms with Gasteiger partial charge in [0.05, 0.1) is 30.7 Å². The van der Waals surface area contributed by atoms with Crippen LogP contribution in [0.4, 0.5) is 5.82 Å². The number of nitrogens with zero attached hydrogens (tertiary/aromatic N) is 2. The van der Waals surface area contributed by atoms with Gasteiger partial charge in [-0.25, -0.2) is 4.98 Å². The lowest BCUT2D eigenvalue weighted by Gasteiger charge is -2.11. The fourth-order valence-corrected chi connectivity index (χ4v) is 1.83. The summed E-state index contributed by atoms with van der Waals surface area (Å²) in [6.45, 7) is 1.25. The van der Waals surface area contributed by atoms with Crippen LogP contribution in [0.5, 0.6) is 0 Å². The number of anilines is 1. The van der Waals surface area contributed by atoms with Crippen LogP contribution in [0.1, 0.15) is 24.6 Å². The van der Waals surface area contributed by atoms with Crippen molar-refractivity contribution in [2.24, 2.45) is 0 Å². The van der Waals surface area contributed by atoms with E-state index in [-0.39, 0.29) is 12.5 Å². The molecule has 2 heterocycles. The van der Waals surface area contributed by atoms with E-state index in [1.54, 1.807) is 19.4 Å². The molecule has 0 spiro atoms. The molecule has 1 atom stereocenters. The van der Waals surface area contributed by atoms with E-state index in [2.05, 4.69) is 25.9 Å². The summed E-state index contributed by atoms with van der Waals surface area (Å²) in [7, 11) is 1.61. The van der Waals surface area contributed by atoms with E-state index in [1.165, 1.54) is 6.42 Å². The third-order valence-corrected chi connectivity index (χ3v) is 2.78. The second-order valence-corrected chi connectivity index (χ2v) is 4.00. The van der Waals surface area contributed by atoms with Gasteiger partial charge >= 0.3 is 0 Å². The molecule has 1 unspecified atom stereocenters. The largest absolute Gasteiger partial charge is 0.360 e. The quantitative estimate of drug-likeness (QED) is 0.687. The zero-order valence-corrected chi connectivity index (χ0v) is 9.86. The lowest BCUT2D eigenvalue weighted by Crippen LogP contribution is -2.26. The Morgan fingerprint density at radius 3 is 3.18 bits per heavy atom. The molecular formula is C11H17N5O. The third-order valence-electron chi connectivity index (χ3n) is 2.78. The van der Waals surface area contributed by atoms with Crippen LogP contribution in [-0.2, 0) is 4.79 Å². The molecular weight excluding hydrogens is 218 g/mol. The van der Waals surface area contributed by atoms with Crippen molar-refractivity contribution >= 4 is 11.7 Å². The van der Waals surface area contributed by atoms with Gasteiger partial charge in [0.15, 0.2) is 0 Å². The summed E-state index contributed by atoms with van der Waals surface area (Å²) < 4.78 is 0. The minimum Gasteiger partial charge on any atom is -0.360 e. The maximum absolute atomic E-state index is 11.1. The molecule has 0 aromatic carbocycles. The van der Waals surface area contributed by atoms with E-state index in [0.717, 1.165) is 18.7 Å². The Balaban J connectivity index is 1.98. The Hall–Kier alpha value is -1.69. The zero-order chi connectivity index (χ0) is 12.1. The number of carbonyl (C=O) groups is 1. The van der Waals surface area contributed by atoms with Crippen molar-refractivity contribution < 1.29 is 4.79 Å². The van der Waals surface area contributed by atoms with Gasteiger partial charge in [-0.05, 0) is 19.4 Å². The van der Waals surface area contributed by atoms with Gasteiger partial charge in [0.2, 0.25) is 5.91 Å². The Bertz CT molecular complexity index is 389. The molecule has 2 rings (SSSR count). The second kappa shape index (κ2) is 5.58. The predicted octanol–water partition coefficient (Wildman–Crippen LogP) is 0.0590. The van der Waals surface area contributed by atoms with Gasteiger partial charge in [-0.15, -0.1) is 0 Å². The third kappa shape index (κ3) is 3.13.